The van der Waals surface area contributed by atoms with Crippen LogP contribution in [-0.2, 0) is 5.60 Å². The molecule has 0 unspecified atom stereocenters. The lowest BCUT2D eigenvalue weighted by Crippen LogP contribution is -2.48. The summed E-state index contributed by atoms with van der Waals surface area (Å²) in [6.07, 6.45) is 7.79. The van der Waals surface area contributed by atoms with Crippen molar-refractivity contribution in [1.29, 1.82) is 5.26 Å². The molecule has 0 heterocycles. The number of benzene rings is 1. The van der Waals surface area contributed by atoms with Crippen molar-refractivity contribution in [2.24, 2.45) is 5.41 Å². The highest BCUT2D eigenvalue weighted by atomic mass is 16.3. The van der Waals surface area contributed by atoms with E-state index in [1.165, 1.54) is 0 Å². The minimum atomic E-state index is -1.47. The number of aliphatic hydroxyl groups is 1. The first kappa shape index (κ1) is 11.7. The lowest BCUT2D eigenvalue weighted by Gasteiger charge is -2.45. The molecule has 1 atom stereocenters. The van der Waals surface area contributed by atoms with E-state index in [0.29, 0.717) is 18.4 Å². The van der Waals surface area contributed by atoms with Gasteiger partial charge in [0, 0.05) is 0 Å². The number of nitriles is 1. The monoisotopic (exact) mass is 225 g/mol. The predicted molar refractivity (Wildman–Crippen MR) is 65.8 cm³/mol. The summed E-state index contributed by atoms with van der Waals surface area (Å²) in [5, 5.41) is 20.1. The summed E-state index contributed by atoms with van der Waals surface area (Å²) < 4.78 is 0. The number of hydrogen-bond donors (Lipinski definition) is 1. The number of terminal acetylenes is 1. The van der Waals surface area contributed by atoms with E-state index in [-0.39, 0.29) is 0 Å². The zero-order valence-electron chi connectivity index (χ0n) is 9.90. The molecule has 2 heteroatoms. The van der Waals surface area contributed by atoms with Crippen LogP contribution in [0.4, 0.5) is 0 Å². The lowest BCUT2D eigenvalue weighted by molar-refractivity contribution is -0.0530. The van der Waals surface area contributed by atoms with Gasteiger partial charge >= 0.3 is 0 Å². The normalized spacial score (nSPS) is 20.5. The summed E-state index contributed by atoms with van der Waals surface area (Å²) >= 11 is 0. The van der Waals surface area contributed by atoms with Gasteiger partial charge in [0.15, 0.2) is 5.60 Å². The van der Waals surface area contributed by atoms with E-state index >= 15 is 0 Å². The molecule has 86 valence electrons. The minimum absolute atomic E-state index is 0.654. The topological polar surface area (TPSA) is 44.0 Å². The summed E-state index contributed by atoms with van der Waals surface area (Å²) in [7, 11) is 0. The van der Waals surface area contributed by atoms with Crippen LogP contribution >= 0.6 is 0 Å². The van der Waals surface area contributed by atoms with Gasteiger partial charge in [-0.25, -0.2) is 0 Å². The zero-order valence-corrected chi connectivity index (χ0v) is 9.90. The Bertz CT molecular complexity index is 516. The van der Waals surface area contributed by atoms with Crippen molar-refractivity contribution in [2.45, 2.75) is 31.8 Å². The van der Waals surface area contributed by atoms with Crippen molar-refractivity contribution in [1.82, 2.24) is 0 Å². The fraction of sp³-hybridized carbons (Fsp3) is 0.400. The van der Waals surface area contributed by atoms with Crippen molar-refractivity contribution < 1.29 is 5.11 Å². The number of nitrogens with zero attached hydrogens (tertiary/aromatic N) is 1. The van der Waals surface area contributed by atoms with Gasteiger partial charge in [0.1, 0.15) is 5.41 Å². The Morgan fingerprint density at radius 1 is 1.47 bits per heavy atom. The van der Waals surface area contributed by atoms with Gasteiger partial charge in [0.2, 0.25) is 0 Å². The van der Waals surface area contributed by atoms with Gasteiger partial charge in [-0.1, -0.05) is 35.7 Å². The first-order chi connectivity index (χ1) is 8.08. The molecule has 17 heavy (non-hydrogen) atoms. The Morgan fingerprint density at radius 3 is 2.59 bits per heavy atom. The van der Waals surface area contributed by atoms with Crippen LogP contribution in [0.15, 0.2) is 24.3 Å². The molecule has 1 saturated carbocycles. The van der Waals surface area contributed by atoms with Gasteiger partial charge in [-0.15, -0.1) is 6.42 Å². The second-order valence-corrected chi connectivity index (χ2v) is 4.77. The molecule has 0 aromatic heterocycles. The molecule has 2 nitrogen and oxygen atoms in total. The van der Waals surface area contributed by atoms with Crippen LogP contribution in [0.25, 0.3) is 0 Å². The van der Waals surface area contributed by atoms with Crippen LogP contribution in [-0.4, -0.2) is 5.11 Å². The molecule has 0 saturated heterocycles. The van der Waals surface area contributed by atoms with E-state index in [1.807, 2.05) is 25.1 Å². The Morgan fingerprint density at radius 2 is 2.18 bits per heavy atom. The van der Waals surface area contributed by atoms with Crippen molar-refractivity contribution in [2.75, 3.05) is 0 Å². The highest BCUT2D eigenvalue weighted by Crippen LogP contribution is 2.53. The van der Waals surface area contributed by atoms with Crippen LogP contribution in [0.3, 0.4) is 0 Å². The first-order valence-corrected chi connectivity index (χ1v) is 5.76. The van der Waals surface area contributed by atoms with Gasteiger partial charge in [0.25, 0.3) is 0 Å². The smallest absolute Gasteiger partial charge is 0.169 e. The van der Waals surface area contributed by atoms with Crippen molar-refractivity contribution >= 4 is 0 Å². The Hall–Kier alpha value is -1.77. The van der Waals surface area contributed by atoms with E-state index < -0.39 is 11.0 Å². The van der Waals surface area contributed by atoms with Crippen molar-refractivity contribution in [3.8, 4) is 18.4 Å². The van der Waals surface area contributed by atoms with E-state index in [1.54, 1.807) is 6.07 Å². The third kappa shape index (κ3) is 1.54. The molecule has 0 radical (unpaired) electrons. The molecule has 0 amide bonds. The van der Waals surface area contributed by atoms with E-state index in [4.69, 9.17) is 6.42 Å². The highest BCUT2D eigenvalue weighted by Gasteiger charge is 2.55. The zero-order chi connectivity index (χ0) is 12.5. The lowest BCUT2D eigenvalue weighted by atomic mass is 9.58. The van der Waals surface area contributed by atoms with Crippen LogP contribution in [0.2, 0.25) is 0 Å². The quantitative estimate of drug-likeness (QED) is 0.786. The average Bonchev–Trinajstić information content (AvgIpc) is 2.28. The summed E-state index contributed by atoms with van der Waals surface area (Å²) in [5.41, 5.74) is -0.591. The average molecular weight is 225 g/mol. The Kier molecular flexibility index (Phi) is 2.69. The second-order valence-electron chi connectivity index (χ2n) is 4.77. The maximum Gasteiger partial charge on any atom is 0.169 e. The van der Waals surface area contributed by atoms with Crippen molar-refractivity contribution in [3.63, 3.8) is 0 Å². The molecular formula is C15H15NO. The second kappa shape index (κ2) is 3.91. The fourth-order valence-electron chi connectivity index (χ4n) is 2.45. The molecule has 1 aliphatic carbocycles. The molecule has 2 rings (SSSR count). The number of hydrogen-bond acceptors (Lipinski definition) is 2. The Labute approximate surface area is 102 Å². The highest BCUT2D eigenvalue weighted by molar-refractivity contribution is 5.40. The summed E-state index contributed by atoms with van der Waals surface area (Å²) in [6, 6.07) is 9.69. The third-order valence-electron chi connectivity index (χ3n) is 3.76. The molecule has 1 fully saturated rings. The number of rotatable bonds is 2. The van der Waals surface area contributed by atoms with Crippen LogP contribution in [0.5, 0.6) is 0 Å². The molecule has 1 aromatic carbocycles. The molecule has 1 aromatic rings. The summed E-state index contributed by atoms with van der Waals surface area (Å²) in [4.78, 5) is 0. The van der Waals surface area contributed by atoms with Gasteiger partial charge in [-0.05, 0) is 31.7 Å². The first-order valence-electron chi connectivity index (χ1n) is 5.76. The van der Waals surface area contributed by atoms with Crippen LogP contribution in [0.1, 0.15) is 30.4 Å². The molecule has 1 aliphatic rings. The van der Waals surface area contributed by atoms with Crippen molar-refractivity contribution in [3.05, 3.63) is 35.4 Å². The molecule has 1 N–H and O–H groups in total. The molecular weight excluding hydrogens is 210 g/mol. The maximum atomic E-state index is 10.7. The van der Waals surface area contributed by atoms with Gasteiger partial charge < -0.3 is 5.11 Å². The molecule has 0 spiro atoms. The van der Waals surface area contributed by atoms with Gasteiger partial charge in [-0.2, -0.15) is 5.26 Å². The summed E-state index contributed by atoms with van der Waals surface area (Å²) in [5.74, 6) is 2.45. The fourth-order valence-corrected chi connectivity index (χ4v) is 2.45. The SMILES string of the molecule is C#C[C@@](O)(c1cccc(C)c1)C1(C#N)CCC1. The largest absolute Gasteiger partial charge is 0.372 e. The number of aryl methyl sites for hydroxylation is 1. The van der Waals surface area contributed by atoms with E-state index in [2.05, 4.69) is 12.0 Å². The van der Waals surface area contributed by atoms with Gasteiger partial charge in [-0.3, -0.25) is 0 Å². The van der Waals surface area contributed by atoms with E-state index in [0.717, 1.165) is 12.0 Å². The standard InChI is InChI=1S/C15H15NO/c1-3-15(17,14(11-16)8-5-9-14)13-7-4-6-12(2)10-13/h1,4,6-7,10,17H,5,8-9H2,2H3/t15-/m1/s1. The van der Waals surface area contributed by atoms with Gasteiger partial charge in [0.05, 0.1) is 6.07 Å². The van der Waals surface area contributed by atoms with Crippen LogP contribution < -0.4 is 0 Å². The maximum absolute atomic E-state index is 10.7. The van der Waals surface area contributed by atoms with E-state index in [9.17, 15) is 10.4 Å². The predicted octanol–water partition coefficient (Wildman–Crippen LogP) is 2.51. The molecule has 0 bridgehead atoms. The molecule has 0 aliphatic heterocycles. The third-order valence-corrected chi connectivity index (χ3v) is 3.76. The van der Waals surface area contributed by atoms with Crippen LogP contribution in [0, 0.1) is 36.0 Å². The summed E-state index contributed by atoms with van der Waals surface area (Å²) in [6.45, 7) is 1.94. The Balaban J connectivity index is 2.53. The minimum Gasteiger partial charge on any atom is -0.372 e.